The van der Waals surface area contributed by atoms with Gasteiger partial charge in [-0.15, -0.1) is 0 Å². The normalized spacial score (nSPS) is 8.86. The van der Waals surface area contributed by atoms with Crippen LogP contribution in [-0.4, -0.2) is 63.3 Å². The van der Waals surface area contributed by atoms with Crippen LogP contribution in [0.25, 0.3) is 0 Å². The Balaban J connectivity index is 3.18. The molecule has 53 valence electrons. The number of rotatable bonds is 5. The van der Waals surface area contributed by atoms with Gasteiger partial charge in [0.15, 0.2) is 0 Å². The van der Waals surface area contributed by atoms with Crippen molar-refractivity contribution in [3.63, 3.8) is 0 Å². The molecule has 1 N–H and O–H groups in total. The van der Waals surface area contributed by atoms with E-state index in [1.807, 2.05) is 21.2 Å². The van der Waals surface area contributed by atoms with E-state index in [0.717, 1.165) is 22.1 Å². The molecule has 0 saturated carbocycles. The van der Waals surface area contributed by atoms with Crippen molar-refractivity contribution in [2.75, 3.05) is 0 Å². The van der Waals surface area contributed by atoms with E-state index >= 15 is 0 Å². The molecule has 1 heterocycles. The summed E-state index contributed by atoms with van der Waals surface area (Å²) in [5, 5.41) is 0. The van der Waals surface area contributed by atoms with Gasteiger partial charge < -0.3 is 0 Å². The summed E-state index contributed by atoms with van der Waals surface area (Å²) < 4.78 is 0. The summed E-state index contributed by atoms with van der Waals surface area (Å²) in [5.74, 6) is 0. The molecule has 0 bridgehead atoms. The molecule has 9 radical (unpaired) electrons. The van der Waals surface area contributed by atoms with Crippen molar-refractivity contribution in [3.05, 3.63) is 0 Å². The minimum absolute atomic E-state index is 0.775. The summed E-state index contributed by atoms with van der Waals surface area (Å²) in [7, 11) is 23.3. The van der Waals surface area contributed by atoms with Gasteiger partial charge in [0, 0.05) is 0 Å². The van der Waals surface area contributed by atoms with E-state index in [4.69, 9.17) is 22.8 Å². The van der Waals surface area contributed by atoms with Gasteiger partial charge in [0.2, 0.25) is 0 Å². The van der Waals surface area contributed by atoms with Crippen molar-refractivity contribution in [3.8, 4) is 0 Å². The topological polar surface area (TPSA) is 15.8 Å². The van der Waals surface area contributed by atoms with E-state index in [-0.39, 0.29) is 0 Å². The Morgan fingerprint density at radius 1 is 1.07 bits per heavy atom. The molecule has 0 aliphatic heterocycles. The summed E-state index contributed by atoms with van der Waals surface area (Å²) >= 11 is 0. The molecule has 0 amide bonds. The van der Waals surface area contributed by atoms with Crippen LogP contribution in [-0.2, 0) is 0 Å². The quantitative estimate of drug-likeness (QED) is 0.421. The van der Waals surface area contributed by atoms with Gasteiger partial charge in [-0.3, -0.25) is 0 Å². The molecule has 0 atom stereocenters. The molecule has 0 saturated heterocycles. The van der Waals surface area contributed by atoms with Crippen LogP contribution >= 0.6 is 0 Å². The first-order chi connectivity index (χ1) is 6.78. The van der Waals surface area contributed by atoms with Crippen LogP contribution in [0.15, 0.2) is 0 Å². The van der Waals surface area contributed by atoms with E-state index in [9.17, 15) is 0 Å². The molecule has 0 aliphatic carbocycles. The summed E-state index contributed by atoms with van der Waals surface area (Å²) in [6.45, 7) is 3.43. The van der Waals surface area contributed by atoms with Gasteiger partial charge in [-0.25, -0.2) is 0 Å². The average Bonchev–Trinajstić information content (AvgIpc) is 2.56. The number of nitrogens with one attached hydrogen (secondary N) is 1. The van der Waals surface area contributed by atoms with Crippen LogP contribution in [0.5, 0.6) is 0 Å². The predicted molar refractivity (Wildman–Crippen MR) is 71.2 cm³/mol. The second-order valence-corrected chi connectivity index (χ2v) is 2.78. The first kappa shape index (κ1) is 11.9. The number of aromatic nitrogens is 1. The third kappa shape index (κ3) is 2.24. The van der Waals surface area contributed by atoms with Crippen LogP contribution in [0.2, 0.25) is 6.82 Å². The van der Waals surface area contributed by atoms with E-state index in [0.29, 0.717) is 0 Å². The first-order valence-corrected chi connectivity index (χ1v) is 4.32. The standard InChI is InChI=1S/C5H4B8N/c1-9-13-3-2(10-6)4(11-7)14-5(3)12-8/h14H,1H3. The summed E-state index contributed by atoms with van der Waals surface area (Å²) in [5.41, 5.74) is 3.41. The fourth-order valence-electron chi connectivity index (χ4n) is 1.36. The fraction of sp³-hybridized carbons (Fsp3) is 0.200. The van der Waals surface area contributed by atoms with E-state index in [1.165, 1.54) is 21.1 Å². The van der Waals surface area contributed by atoms with Gasteiger partial charge in [0.25, 0.3) is 0 Å². The summed E-state index contributed by atoms with van der Waals surface area (Å²) in [6.07, 6.45) is 0. The van der Waals surface area contributed by atoms with Crippen LogP contribution in [0.4, 0.5) is 0 Å². The third-order valence-corrected chi connectivity index (χ3v) is 1.97. The molecule has 1 rings (SSSR count). The Bertz CT molecular complexity index is 320. The van der Waals surface area contributed by atoms with E-state index < -0.39 is 0 Å². The average molecular weight is 165 g/mol. The number of hydrogen-bond acceptors (Lipinski definition) is 0. The molecule has 0 unspecified atom stereocenters. The zero-order valence-corrected chi connectivity index (χ0v) is 8.12. The van der Waals surface area contributed by atoms with E-state index in [2.05, 4.69) is 4.98 Å². The molecule has 0 fully saturated rings. The zero-order valence-electron chi connectivity index (χ0n) is 8.12. The maximum absolute atomic E-state index is 5.52. The predicted octanol–water partition coefficient (Wildman–Crippen LogP) is -4.75. The molecule has 1 aromatic rings. The Morgan fingerprint density at radius 2 is 1.79 bits per heavy atom. The molecular weight excluding hydrogens is 161 g/mol. The third-order valence-electron chi connectivity index (χ3n) is 1.97. The van der Waals surface area contributed by atoms with Gasteiger partial charge in [-0.05, 0) is 0 Å². The van der Waals surface area contributed by atoms with Crippen molar-refractivity contribution in [1.82, 2.24) is 4.98 Å². The number of H-pyrrole nitrogens is 1. The second-order valence-electron chi connectivity index (χ2n) is 2.78. The molecule has 1 nitrogen and oxygen atoms in total. The number of aromatic amines is 1. The minimum atomic E-state index is 0.775. The molecule has 0 aliphatic rings. The van der Waals surface area contributed by atoms with Crippen LogP contribution in [0.3, 0.4) is 0 Å². The summed E-state index contributed by atoms with van der Waals surface area (Å²) in [4.78, 5) is 3.06. The fourth-order valence-corrected chi connectivity index (χ4v) is 1.36. The molecule has 14 heavy (non-hydrogen) atoms. The van der Waals surface area contributed by atoms with Crippen molar-refractivity contribution in [2.45, 2.75) is 6.82 Å². The Hall–Kier alpha value is -0.201. The van der Waals surface area contributed by atoms with E-state index in [1.54, 1.807) is 0 Å². The van der Waals surface area contributed by atoms with Crippen molar-refractivity contribution >= 4 is 80.4 Å². The molecular formula is C5H4B8N. The van der Waals surface area contributed by atoms with Gasteiger partial charge in [-0.2, -0.15) is 0 Å². The van der Waals surface area contributed by atoms with Gasteiger partial charge >= 0.3 is 92.2 Å². The van der Waals surface area contributed by atoms with Crippen LogP contribution < -0.4 is 22.1 Å². The zero-order chi connectivity index (χ0) is 10.6. The second kappa shape index (κ2) is 5.62. The maximum atomic E-state index is 5.52. The first-order valence-electron chi connectivity index (χ1n) is 4.32. The Kier molecular flexibility index (Phi) is 4.77. The Morgan fingerprint density at radius 3 is 2.21 bits per heavy atom. The molecule has 0 aromatic carbocycles. The van der Waals surface area contributed by atoms with Gasteiger partial charge in [0.1, 0.15) is 0 Å². The van der Waals surface area contributed by atoms with Crippen LogP contribution in [0, 0.1) is 0 Å². The van der Waals surface area contributed by atoms with Gasteiger partial charge in [0.05, 0.1) is 0 Å². The molecule has 9 heteroatoms. The van der Waals surface area contributed by atoms with Crippen molar-refractivity contribution < 1.29 is 0 Å². The monoisotopic (exact) mass is 166 g/mol. The molecule has 1 aromatic heterocycles. The van der Waals surface area contributed by atoms with Crippen molar-refractivity contribution in [1.29, 1.82) is 0 Å². The summed E-state index contributed by atoms with van der Waals surface area (Å²) in [6, 6.07) is 0. The SMILES string of the molecule is [B][B]c1[nH]c(B=[B])c([B][B]C)c1[B][B]. The Labute approximate surface area is 92.6 Å². The van der Waals surface area contributed by atoms with Crippen molar-refractivity contribution in [2.24, 2.45) is 0 Å². The van der Waals surface area contributed by atoms with Crippen LogP contribution in [0.1, 0.15) is 0 Å². The van der Waals surface area contributed by atoms with Gasteiger partial charge in [-0.1, -0.05) is 0 Å². The number of hydrogen-bond donors (Lipinski definition) is 1. The molecule has 0 spiro atoms.